The van der Waals surface area contributed by atoms with Crippen LogP contribution >= 0.6 is 0 Å². The predicted molar refractivity (Wildman–Crippen MR) is 78.7 cm³/mol. The third kappa shape index (κ3) is 1.66. The van der Waals surface area contributed by atoms with Gasteiger partial charge in [0.15, 0.2) is 0 Å². The van der Waals surface area contributed by atoms with Crippen LogP contribution in [0.4, 0.5) is 0 Å². The quantitative estimate of drug-likeness (QED) is 0.725. The van der Waals surface area contributed by atoms with Crippen molar-refractivity contribution in [3.8, 4) is 11.3 Å². The lowest BCUT2D eigenvalue weighted by atomic mass is 9.92. The molecule has 1 aromatic carbocycles. The highest BCUT2D eigenvalue weighted by atomic mass is 14.7. The van der Waals surface area contributed by atoms with Gasteiger partial charge in [0.25, 0.3) is 0 Å². The maximum absolute atomic E-state index is 4.42. The Bertz CT molecular complexity index is 721. The molecule has 2 aromatic rings. The van der Waals surface area contributed by atoms with E-state index >= 15 is 0 Å². The molecule has 19 heavy (non-hydrogen) atoms. The van der Waals surface area contributed by atoms with Gasteiger partial charge in [-0.2, -0.15) is 0 Å². The van der Waals surface area contributed by atoms with Crippen molar-refractivity contribution >= 4 is 6.08 Å². The SMILES string of the molecule is C1=CC2=Cc3cc(-c4ccccn4)ccc3C2C=C1. The van der Waals surface area contributed by atoms with Gasteiger partial charge in [-0.25, -0.2) is 0 Å². The van der Waals surface area contributed by atoms with Crippen molar-refractivity contribution in [1.82, 2.24) is 4.98 Å². The van der Waals surface area contributed by atoms with Crippen molar-refractivity contribution < 1.29 is 0 Å². The van der Waals surface area contributed by atoms with Gasteiger partial charge in [-0.15, -0.1) is 0 Å². The minimum atomic E-state index is 0.442. The number of hydrogen-bond donors (Lipinski definition) is 0. The topological polar surface area (TPSA) is 12.9 Å². The summed E-state index contributed by atoms with van der Waals surface area (Å²) in [5, 5.41) is 0. The number of fused-ring (bicyclic) bond motifs is 3. The standard InChI is InChI=1S/C18H13N/c1-2-6-16-13(5-1)11-15-12-14(8-9-17(15)16)18-7-3-4-10-19-18/h1-12,16H. The van der Waals surface area contributed by atoms with Crippen LogP contribution in [0.1, 0.15) is 17.0 Å². The van der Waals surface area contributed by atoms with Crippen LogP contribution in [-0.4, -0.2) is 4.98 Å². The molecule has 1 nitrogen and oxygen atoms in total. The molecule has 0 saturated heterocycles. The van der Waals surface area contributed by atoms with E-state index in [-0.39, 0.29) is 0 Å². The number of aromatic nitrogens is 1. The van der Waals surface area contributed by atoms with E-state index < -0.39 is 0 Å². The molecule has 0 bridgehead atoms. The molecule has 4 rings (SSSR count). The van der Waals surface area contributed by atoms with Gasteiger partial charge in [0.1, 0.15) is 0 Å². The fourth-order valence-corrected chi connectivity index (χ4v) is 2.83. The first-order valence-electron chi connectivity index (χ1n) is 6.54. The molecular formula is C18H13N. The second kappa shape index (κ2) is 4.06. The molecule has 0 radical (unpaired) electrons. The van der Waals surface area contributed by atoms with Crippen molar-refractivity contribution in [2.24, 2.45) is 0 Å². The number of nitrogens with zero attached hydrogens (tertiary/aromatic N) is 1. The summed E-state index contributed by atoms with van der Waals surface area (Å²) in [6.45, 7) is 0. The lowest BCUT2D eigenvalue weighted by Gasteiger charge is -2.12. The third-order valence-electron chi connectivity index (χ3n) is 3.77. The van der Waals surface area contributed by atoms with Crippen LogP contribution in [0.5, 0.6) is 0 Å². The first-order valence-corrected chi connectivity index (χ1v) is 6.54. The molecule has 1 aromatic heterocycles. The molecule has 1 atom stereocenters. The van der Waals surface area contributed by atoms with Gasteiger partial charge in [-0.3, -0.25) is 4.98 Å². The largest absolute Gasteiger partial charge is 0.256 e. The highest BCUT2D eigenvalue weighted by Gasteiger charge is 2.22. The Balaban J connectivity index is 1.83. The van der Waals surface area contributed by atoms with E-state index in [2.05, 4.69) is 59.6 Å². The van der Waals surface area contributed by atoms with Gasteiger partial charge in [0.05, 0.1) is 5.69 Å². The summed E-state index contributed by atoms with van der Waals surface area (Å²) in [6, 6.07) is 12.7. The number of benzene rings is 1. The van der Waals surface area contributed by atoms with Crippen LogP contribution in [0.25, 0.3) is 17.3 Å². The highest BCUT2D eigenvalue weighted by molar-refractivity contribution is 5.75. The monoisotopic (exact) mass is 243 g/mol. The molecule has 1 unspecified atom stereocenters. The van der Waals surface area contributed by atoms with E-state index in [4.69, 9.17) is 0 Å². The Kier molecular flexibility index (Phi) is 2.25. The lowest BCUT2D eigenvalue weighted by molar-refractivity contribution is 1.05. The Labute approximate surface area is 112 Å². The second-order valence-electron chi connectivity index (χ2n) is 4.92. The number of hydrogen-bond acceptors (Lipinski definition) is 1. The molecule has 0 aliphatic heterocycles. The van der Waals surface area contributed by atoms with E-state index in [0.29, 0.717) is 5.92 Å². The Hall–Kier alpha value is -2.41. The minimum absolute atomic E-state index is 0.442. The molecule has 1 heterocycles. The van der Waals surface area contributed by atoms with Gasteiger partial charge < -0.3 is 0 Å². The summed E-state index contributed by atoms with van der Waals surface area (Å²) in [5.74, 6) is 0.442. The summed E-state index contributed by atoms with van der Waals surface area (Å²) >= 11 is 0. The van der Waals surface area contributed by atoms with Crippen molar-refractivity contribution in [1.29, 1.82) is 0 Å². The second-order valence-corrected chi connectivity index (χ2v) is 4.92. The number of pyridine rings is 1. The van der Waals surface area contributed by atoms with Gasteiger partial charge in [0.2, 0.25) is 0 Å². The molecule has 0 N–H and O–H groups in total. The average molecular weight is 243 g/mol. The first-order chi connectivity index (χ1) is 9.42. The molecule has 0 spiro atoms. The Morgan fingerprint density at radius 1 is 1.00 bits per heavy atom. The summed E-state index contributed by atoms with van der Waals surface area (Å²) in [4.78, 5) is 4.42. The zero-order chi connectivity index (χ0) is 12.7. The summed E-state index contributed by atoms with van der Waals surface area (Å²) in [6.07, 6.45) is 12.8. The zero-order valence-electron chi connectivity index (χ0n) is 10.5. The van der Waals surface area contributed by atoms with Crippen molar-refractivity contribution in [2.45, 2.75) is 5.92 Å². The summed E-state index contributed by atoms with van der Waals surface area (Å²) < 4.78 is 0. The molecule has 2 aliphatic carbocycles. The van der Waals surface area contributed by atoms with E-state index in [1.54, 1.807) is 0 Å². The van der Waals surface area contributed by atoms with Gasteiger partial charge in [-0.05, 0) is 34.9 Å². The molecule has 2 aliphatic rings. The van der Waals surface area contributed by atoms with E-state index in [1.807, 2.05) is 18.3 Å². The summed E-state index contributed by atoms with van der Waals surface area (Å²) in [5.41, 5.74) is 6.32. The Morgan fingerprint density at radius 2 is 2.00 bits per heavy atom. The lowest BCUT2D eigenvalue weighted by Crippen LogP contribution is -1.96. The van der Waals surface area contributed by atoms with Crippen LogP contribution in [0.2, 0.25) is 0 Å². The molecule has 90 valence electrons. The van der Waals surface area contributed by atoms with Gasteiger partial charge in [-0.1, -0.05) is 48.6 Å². The Morgan fingerprint density at radius 3 is 2.89 bits per heavy atom. The van der Waals surface area contributed by atoms with Crippen LogP contribution in [0, 0.1) is 0 Å². The van der Waals surface area contributed by atoms with E-state index in [1.165, 1.54) is 22.3 Å². The maximum Gasteiger partial charge on any atom is 0.0702 e. The van der Waals surface area contributed by atoms with Crippen molar-refractivity contribution in [3.05, 3.63) is 83.6 Å². The average Bonchev–Trinajstić information content (AvgIpc) is 2.86. The zero-order valence-corrected chi connectivity index (χ0v) is 10.5. The van der Waals surface area contributed by atoms with Crippen LogP contribution in [0.15, 0.2) is 72.5 Å². The fourth-order valence-electron chi connectivity index (χ4n) is 2.83. The number of allylic oxidation sites excluding steroid dienone is 5. The van der Waals surface area contributed by atoms with E-state index in [9.17, 15) is 0 Å². The van der Waals surface area contributed by atoms with Crippen LogP contribution in [0.3, 0.4) is 0 Å². The smallest absolute Gasteiger partial charge is 0.0702 e. The maximum atomic E-state index is 4.42. The normalized spacial score (nSPS) is 18.9. The van der Waals surface area contributed by atoms with Crippen molar-refractivity contribution in [2.75, 3.05) is 0 Å². The molecule has 0 saturated carbocycles. The van der Waals surface area contributed by atoms with Crippen molar-refractivity contribution in [3.63, 3.8) is 0 Å². The third-order valence-corrected chi connectivity index (χ3v) is 3.77. The predicted octanol–water partition coefficient (Wildman–Crippen LogP) is 4.36. The molecule has 0 amide bonds. The molecular weight excluding hydrogens is 230 g/mol. The number of rotatable bonds is 1. The van der Waals surface area contributed by atoms with E-state index in [0.717, 1.165) is 5.69 Å². The van der Waals surface area contributed by atoms with Crippen LogP contribution < -0.4 is 0 Å². The summed E-state index contributed by atoms with van der Waals surface area (Å²) in [7, 11) is 0. The van der Waals surface area contributed by atoms with Gasteiger partial charge in [0, 0.05) is 17.7 Å². The first kappa shape index (κ1) is 10.5. The molecule has 1 heteroatoms. The van der Waals surface area contributed by atoms with Crippen LogP contribution in [-0.2, 0) is 0 Å². The fraction of sp³-hybridized carbons (Fsp3) is 0.0556. The minimum Gasteiger partial charge on any atom is -0.256 e. The van der Waals surface area contributed by atoms with Gasteiger partial charge >= 0.3 is 0 Å². The molecule has 0 fully saturated rings. The highest BCUT2D eigenvalue weighted by Crippen LogP contribution is 2.40.